The number of ketones is 2. The maximum absolute atomic E-state index is 13.0. The zero-order chi connectivity index (χ0) is 17.4. The predicted molar refractivity (Wildman–Crippen MR) is 93.8 cm³/mol. The standard InChI is InChI=1S/C18H16BrNO4/c1-9-6-13(19)14-15(16(9)20-7-10(22)8-21)18(24)12-5-3-2-4-11(12)17(14)23/h2-6,10,20-22H,7-8H2,1H3. The van der Waals surface area contributed by atoms with Crippen molar-refractivity contribution in [3.05, 3.63) is 62.6 Å². The number of aliphatic hydroxyl groups is 2. The molecule has 1 aliphatic carbocycles. The minimum atomic E-state index is -0.953. The van der Waals surface area contributed by atoms with Gasteiger partial charge in [-0.05, 0) is 34.5 Å². The SMILES string of the molecule is Cc1cc(Br)c2c(c1NCC(O)CO)C(=O)c1ccccc1C2=O. The van der Waals surface area contributed by atoms with Gasteiger partial charge in [0.25, 0.3) is 0 Å². The number of fused-ring (bicyclic) bond motifs is 2. The summed E-state index contributed by atoms with van der Waals surface area (Å²) in [5.41, 5.74) is 2.67. The third-order valence-corrected chi connectivity index (χ3v) is 4.70. The van der Waals surface area contributed by atoms with E-state index in [0.29, 0.717) is 32.4 Å². The van der Waals surface area contributed by atoms with Crippen molar-refractivity contribution in [1.29, 1.82) is 0 Å². The van der Waals surface area contributed by atoms with Gasteiger partial charge in [0, 0.05) is 27.8 Å². The normalized spacial score (nSPS) is 14.2. The number of nitrogens with one attached hydrogen (secondary N) is 1. The molecule has 2 aromatic carbocycles. The molecular weight excluding hydrogens is 374 g/mol. The highest BCUT2D eigenvalue weighted by molar-refractivity contribution is 9.10. The van der Waals surface area contributed by atoms with Gasteiger partial charge in [0.15, 0.2) is 11.6 Å². The fourth-order valence-corrected chi connectivity index (χ4v) is 3.61. The van der Waals surface area contributed by atoms with Crippen LogP contribution < -0.4 is 5.32 Å². The molecule has 6 heteroatoms. The molecule has 1 unspecified atom stereocenters. The van der Waals surface area contributed by atoms with Crippen molar-refractivity contribution in [2.75, 3.05) is 18.5 Å². The molecular formula is C18H16BrNO4. The Morgan fingerprint density at radius 1 is 1.12 bits per heavy atom. The molecule has 0 spiro atoms. The van der Waals surface area contributed by atoms with Crippen LogP contribution in [0.25, 0.3) is 0 Å². The van der Waals surface area contributed by atoms with Crippen LogP contribution in [0.3, 0.4) is 0 Å². The van der Waals surface area contributed by atoms with Crippen LogP contribution in [0.5, 0.6) is 0 Å². The maximum atomic E-state index is 13.0. The van der Waals surface area contributed by atoms with E-state index in [1.165, 1.54) is 0 Å². The fourth-order valence-electron chi connectivity index (χ4n) is 2.89. The summed E-state index contributed by atoms with van der Waals surface area (Å²) in [4.78, 5) is 25.8. The van der Waals surface area contributed by atoms with Gasteiger partial charge in [-0.2, -0.15) is 0 Å². The smallest absolute Gasteiger partial charge is 0.196 e. The molecule has 0 aliphatic heterocycles. The number of hydrogen-bond donors (Lipinski definition) is 3. The largest absolute Gasteiger partial charge is 0.394 e. The summed E-state index contributed by atoms with van der Waals surface area (Å²) in [6, 6.07) is 8.51. The monoisotopic (exact) mass is 389 g/mol. The average Bonchev–Trinajstić information content (AvgIpc) is 2.58. The van der Waals surface area contributed by atoms with Crippen LogP contribution in [0.15, 0.2) is 34.8 Å². The number of benzene rings is 2. The van der Waals surface area contributed by atoms with Crippen LogP contribution in [0.2, 0.25) is 0 Å². The molecule has 24 heavy (non-hydrogen) atoms. The van der Waals surface area contributed by atoms with E-state index in [0.717, 1.165) is 5.56 Å². The van der Waals surface area contributed by atoms with Gasteiger partial charge in [-0.25, -0.2) is 0 Å². The number of halogens is 1. The lowest BCUT2D eigenvalue weighted by atomic mass is 9.82. The Labute approximate surface area is 147 Å². The third kappa shape index (κ3) is 2.66. The second kappa shape index (κ2) is 6.47. The number of hydrogen-bond acceptors (Lipinski definition) is 5. The molecule has 0 saturated heterocycles. The number of carbonyl (C=O) groups is 2. The van der Waals surface area contributed by atoms with Gasteiger partial charge in [0.05, 0.1) is 23.8 Å². The van der Waals surface area contributed by atoms with Gasteiger partial charge in [-0.15, -0.1) is 0 Å². The molecule has 5 nitrogen and oxygen atoms in total. The molecule has 2 aromatic rings. The van der Waals surface area contributed by atoms with Crippen LogP contribution in [-0.2, 0) is 0 Å². The van der Waals surface area contributed by atoms with E-state index in [9.17, 15) is 14.7 Å². The zero-order valence-corrected chi connectivity index (χ0v) is 14.6. The first-order valence-corrected chi connectivity index (χ1v) is 8.29. The molecule has 0 fully saturated rings. The highest BCUT2D eigenvalue weighted by Gasteiger charge is 2.34. The molecule has 1 aliphatic rings. The van der Waals surface area contributed by atoms with Gasteiger partial charge in [-0.3, -0.25) is 9.59 Å². The number of anilines is 1. The Bertz CT molecular complexity index is 847. The van der Waals surface area contributed by atoms with E-state index in [-0.39, 0.29) is 24.7 Å². The van der Waals surface area contributed by atoms with Gasteiger partial charge in [0.1, 0.15) is 0 Å². The molecule has 1 atom stereocenters. The highest BCUT2D eigenvalue weighted by Crippen LogP contribution is 2.38. The molecule has 0 bridgehead atoms. The van der Waals surface area contributed by atoms with Crippen molar-refractivity contribution in [3.63, 3.8) is 0 Å². The van der Waals surface area contributed by atoms with E-state index >= 15 is 0 Å². The Morgan fingerprint density at radius 3 is 2.29 bits per heavy atom. The van der Waals surface area contributed by atoms with Gasteiger partial charge in [0.2, 0.25) is 0 Å². The molecule has 0 heterocycles. The molecule has 0 radical (unpaired) electrons. The predicted octanol–water partition coefficient (Wildman–Crippen LogP) is 2.30. The van der Waals surface area contributed by atoms with Crippen molar-refractivity contribution in [3.8, 4) is 0 Å². The number of aliphatic hydroxyl groups excluding tert-OH is 2. The first-order valence-electron chi connectivity index (χ1n) is 7.50. The Kier molecular flexibility index (Phi) is 4.54. The minimum absolute atomic E-state index is 0.0779. The number of rotatable bonds is 4. The Balaban J connectivity index is 2.18. The summed E-state index contributed by atoms with van der Waals surface area (Å²) in [6.07, 6.45) is -0.953. The molecule has 0 amide bonds. The van der Waals surface area contributed by atoms with Crippen molar-refractivity contribution < 1.29 is 19.8 Å². The fraction of sp³-hybridized carbons (Fsp3) is 0.222. The van der Waals surface area contributed by atoms with E-state index in [1.54, 1.807) is 30.3 Å². The van der Waals surface area contributed by atoms with E-state index in [2.05, 4.69) is 21.2 Å². The zero-order valence-electron chi connectivity index (χ0n) is 13.0. The number of aryl methyl sites for hydroxylation is 1. The summed E-state index contributed by atoms with van der Waals surface area (Å²) >= 11 is 3.39. The van der Waals surface area contributed by atoms with E-state index in [1.807, 2.05) is 6.92 Å². The topological polar surface area (TPSA) is 86.6 Å². The van der Waals surface area contributed by atoms with Gasteiger partial charge >= 0.3 is 0 Å². The van der Waals surface area contributed by atoms with Crippen molar-refractivity contribution in [2.45, 2.75) is 13.0 Å². The van der Waals surface area contributed by atoms with Gasteiger partial charge < -0.3 is 15.5 Å². The minimum Gasteiger partial charge on any atom is -0.394 e. The number of carbonyl (C=O) groups excluding carboxylic acids is 2. The van der Waals surface area contributed by atoms with Crippen molar-refractivity contribution >= 4 is 33.2 Å². The summed E-state index contributed by atoms with van der Waals surface area (Å²) < 4.78 is 0.566. The van der Waals surface area contributed by atoms with Crippen LogP contribution in [0, 0.1) is 6.92 Å². The average molecular weight is 390 g/mol. The quantitative estimate of drug-likeness (QED) is 0.637. The summed E-state index contributed by atoms with van der Waals surface area (Å²) in [6.45, 7) is 1.51. The Hall–Kier alpha value is -2.02. The highest BCUT2D eigenvalue weighted by atomic mass is 79.9. The molecule has 0 saturated carbocycles. The van der Waals surface area contributed by atoms with Crippen LogP contribution in [-0.4, -0.2) is 41.0 Å². The lowest BCUT2D eigenvalue weighted by molar-refractivity contribution is 0.0978. The maximum Gasteiger partial charge on any atom is 0.196 e. The molecule has 3 N–H and O–H groups in total. The second-order valence-electron chi connectivity index (χ2n) is 5.72. The third-order valence-electron chi connectivity index (χ3n) is 4.07. The molecule has 124 valence electrons. The van der Waals surface area contributed by atoms with E-state index in [4.69, 9.17) is 5.11 Å². The summed E-state index contributed by atoms with van der Waals surface area (Å²) in [7, 11) is 0. The van der Waals surface area contributed by atoms with Crippen LogP contribution in [0.4, 0.5) is 5.69 Å². The lowest BCUT2D eigenvalue weighted by Crippen LogP contribution is -2.27. The second-order valence-corrected chi connectivity index (χ2v) is 6.58. The Morgan fingerprint density at radius 2 is 1.71 bits per heavy atom. The molecule has 0 aromatic heterocycles. The van der Waals surface area contributed by atoms with Crippen molar-refractivity contribution in [1.82, 2.24) is 0 Å². The summed E-state index contributed by atoms with van der Waals surface area (Å²) in [5.74, 6) is -0.441. The van der Waals surface area contributed by atoms with Gasteiger partial charge in [-0.1, -0.05) is 24.3 Å². The van der Waals surface area contributed by atoms with Crippen LogP contribution >= 0.6 is 15.9 Å². The first-order chi connectivity index (χ1) is 11.5. The molecule has 3 rings (SSSR count). The first kappa shape index (κ1) is 16.8. The lowest BCUT2D eigenvalue weighted by Gasteiger charge is -2.24. The van der Waals surface area contributed by atoms with E-state index < -0.39 is 6.10 Å². The van der Waals surface area contributed by atoms with Crippen LogP contribution in [0.1, 0.15) is 37.4 Å². The summed E-state index contributed by atoms with van der Waals surface area (Å²) in [5, 5.41) is 21.5. The van der Waals surface area contributed by atoms with Crippen molar-refractivity contribution in [2.24, 2.45) is 0 Å².